The second-order valence-electron chi connectivity index (χ2n) is 5.76. The van der Waals surface area contributed by atoms with E-state index in [1.54, 1.807) is 13.0 Å². The zero-order valence-electron chi connectivity index (χ0n) is 13.0. The molecule has 1 aliphatic rings. The SMILES string of the molecule is CC1Cc2cc(S(N)(=O)=O)ccc2N1S(=O)(=O)c1ccc(Br)cc1Cl. The number of halogens is 2. The van der Waals surface area contributed by atoms with Crippen molar-refractivity contribution in [2.75, 3.05) is 4.31 Å². The minimum Gasteiger partial charge on any atom is -0.263 e. The van der Waals surface area contributed by atoms with Crippen LogP contribution in [-0.2, 0) is 26.5 Å². The highest BCUT2D eigenvalue weighted by atomic mass is 79.9. The minimum absolute atomic E-state index is 0.00686. The Morgan fingerprint density at radius 1 is 1.16 bits per heavy atom. The van der Waals surface area contributed by atoms with Crippen molar-refractivity contribution in [2.45, 2.75) is 29.2 Å². The summed E-state index contributed by atoms with van der Waals surface area (Å²) >= 11 is 9.37. The Bertz CT molecular complexity index is 1070. The zero-order chi connectivity index (χ0) is 18.6. The molecular weight excluding hydrogens is 452 g/mol. The van der Waals surface area contributed by atoms with Crippen molar-refractivity contribution in [3.05, 3.63) is 51.5 Å². The van der Waals surface area contributed by atoms with E-state index in [9.17, 15) is 16.8 Å². The third-order valence-electron chi connectivity index (χ3n) is 3.96. The van der Waals surface area contributed by atoms with Crippen LogP contribution in [0.25, 0.3) is 0 Å². The Hall–Kier alpha value is -1.13. The van der Waals surface area contributed by atoms with Gasteiger partial charge in [0.25, 0.3) is 10.0 Å². The monoisotopic (exact) mass is 464 g/mol. The molecular formula is C15H14BrClN2O4S2. The van der Waals surface area contributed by atoms with Crippen LogP contribution in [0, 0.1) is 0 Å². The number of anilines is 1. The molecule has 0 saturated heterocycles. The zero-order valence-corrected chi connectivity index (χ0v) is 17.0. The van der Waals surface area contributed by atoms with Crippen LogP contribution in [0.5, 0.6) is 0 Å². The molecule has 1 aliphatic heterocycles. The van der Waals surface area contributed by atoms with Gasteiger partial charge in [0.1, 0.15) is 4.90 Å². The molecule has 0 amide bonds. The van der Waals surface area contributed by atoms with Gasteiger partial charge >= 0.3 is 0 Å². The second-order valence-corrected chi connectivity index (χ2v) is 10.4. The molecule has 0 radical (unpaired) electrons. The van der Waals surface area contributed by atoms with Crippen LogP contribution < -0.4 is 9.44 Å². The molecule has 1 unspecified atom stereocenters. The van der Waals surface area contributed by atoms with Crippen molar-refractivity contribution >= 4 is 53.3 Å². The van der Waals surface area contributed by atoms with E-state index in [2.05, 4.69) is 15.9 Å². The summed E-state index contributed by atoms with van der Waals surface area (Å²) in [6.07, 6.45) is 0.381. The van der Waals surface area contributed by atoms with E-state index < -0.39 is 20.0 Å². The highest BCUT2D eigenvalue weighted by molar-refractivity contribution is 9.10. The van der Waals surface area contributed by atoms with Gasteiger partial charge in [-0.05, 0) is 55.3 Å². The van der Waals surface area contributed by atoms with E-state index in [0.717, 1.165) is 0 Å². The van der Waals surface area contributed by atoms with Gasteiger partial charge in [-0.2, -0.15) is 0 Å². The highest BCUT2D eigenvalue weighted by Gasteiger charge is 2.37. The number of hydrogen-bond acceptors (Lipinski definition) is 4. The number of hydrogen-bond donors (Lipinski definition) is 1. The summed E-state index contributed by atoms with van der Waals surface area (Å²) in [4.78, 5) is -0.0491. The lowest BCUT2D eigenvalue weighted by atomic mass is 10.1. The number of benzene rings is 2. The lowest BCUT2D eigenvalue weighted by Crippen LogP contribution is -2.35. The number of nitrogens with zero attached hydrogens (tertiary/aromatic N) is 1. The molecule has 0 saturated carbocycles. The Kier molecular flexibility index (Phi) is 4.66. The summed E-state index contributed by atoms with van der Waals surface area (Å²) in [5.74, 6) is 0. The van der Waals surface area contributed by atoms with Crippen LogP contribution in [-0.4, -0.2) is 22.9 Å². The maximum atomic E-state index is 13.1. The third kappa shape index (κ3) is 3.31. The molecule has 25 heavy (non-hydrogen) atoms. The van der Waals surface area contributed by atoms with E-state index >= 15 is 0 Å². The number of rotatable bonds is 3. The molecule has 10 heteroatoms. The lowest BCUT2D eigenvalue weighted by molar-refractivity contribution is 0.584. The Morgan fingerprint density at radius 2 is 1.84 bits per heavy atom. The molecule has 1 heterocycles. The Morgan fingerprint density at radius 3 is 2.44 bits per heavy atom. The van der Waals surface area contributed by atoms with Crippen molar-refractivity contribution in [1.29, 1.82) is 0 Å². The summed E-state index contributed by atoms with van der Waals surface area (Å²) in [6.45, 7) is 1.75. The number of primary sulfonamides is 1. The van der Waals surface area contributed by atoms with Crippen molar-refractivity contribution in [1.82, 2.24) is 0 Å². The fourth-order valence-corrected chi connectivity index (χ4v) is 6.19. The van der Waals surface area contributed by atoms with Crippen molar-refractivity contribution in [3.8, 4) is 0 Å². The molecule has 2 aromatic carbocycles. The largest absolute Gasteiger partial charge is 0.266 e. The first kappa shape index (κ1) is 18.7. The maximum absolute atomic E-state index is 13.1. The first-order chi connectivity index (χ1) is 11.5. The number of nitrogens with two attached hydrogens (primary N) is 1. The van der Waals surface area contributed by atoms with Gasteiger partial charge in [-0.3, -0.25) is 4.31 Å². The number of sulfonamides is 2. The van der Waals surface area contributed by atoms with Crippen LogP contribution in [0.4, 0.5) is 5.69 Å². The molecule has 2 aromatic rings. The van der Waals surface area contributed by atoms with Gasteiger partial charge in [-0.1, -0.05) is 27.5 Å². The standard InChI is InChI=1S/C15H14BrClN2O4S2/c1-9-6-10-7-12(24(18,20)21)3-4-14(10)19(9)25(22,23)15-5-2-11(16)8-13(15)17/h2-5,7-9H,6H2,1H3,(H2,18,20,21). The molecule has 0 aromatic heterocycles. The van der Waals surface area contributed by atoms with Crippen LogP contribution in [0.1, 0.15) is 12.5 Å². The second kappa shape index (κ2) is 6.24. The van der Waals surface area contributed by atoms with Crippen LogP contribution in [0.3, 0.4) is 0 Å². The topological polar surface area (TPSA) is 97.5 Å². The normalized spacial score (nSPS) is 17.6. The van der Waals surface area contributed by atoms with Gasteiger partial charge < -0.3 is 0 Å². The smallest absolute Gasteiger partial charge is 0.263 e. The van der Waals surface area contributed by atoms with Gasteiger partial charge in [0.05, 0.1) is 15.6 Å². The molecule has 0 fully saturated rings. The van der Waals surface area contributed by atoms with E-state index in [4.69, 9.17) is 16.7 Å². The number of fused-ring (bicyclic) bond motifs is 1. The lowest BCUT2D eigenvalue weighted by Gasteiger charge is -2.25. The van der Waals surface area contributed by atoms with Crippen LogP contribution in [0.2, 0.25) is 5.02 Å². The molecule has 0 spiro atoms. The first-order valence-corrected chi connectivity index (χ1v) is 11.3. The summed E-state index contributed by atoms with van der Waals surface area (Å²) in [7, 11) is -7.75. The van der Waals surface area contributed by atoms with Crippen molar-refractivity contribution < 1.29 is 16.8 Å². The average molecular weight is 466 g/mol. The summed E-state index contributed by atoms with van der Waals surface area (Å²) < 4.78 is 51.2. The predicted octanol–water partition coefficient (Wildman–Crippen LogP) is 2.89. The fraction of sp³-hybridized carbons (Fsp3) is 0.200. The summed E-state index contributed by atoms with van der Waals surface area (Å²) in [5.41, 5.74) is 1.04. The van der Waals surface area contributed by atoms with Gasteiger partial charge in [0.15, 0.2) is 0 Å². The molecule has 6 nitrogen and oxygen atoms in total. The molecule has 2 N–H and O–H groups in total. The van der Waals surface area contributed by atoms with E-state index in [0.29, 0.717) is 22.1 Å². The van der Waals surface area contributed by atoms with Gasteiger partial charge in [-0.15, -0.1) is 0 Å². The molecule has 0 aliphatic carbocycles. The fourth-order valence-electron chi connectivity index (χ4n) is 2.91. The van der Waals surface area contributed by atoms with Crippen molar-refractivity contribution in [2.24, 2.45) is 5.14 Å². The van der Waals surface area contributed by atoms with Gasteiger partial charge in [0, 0.05) is 10.5 Å². The molecule has 1 atom stereocenters. The maximum Gasteiger partial charge on any atom is 0.266 e. The molecule has 134 valence electrons. The van der Waals surface area contributed by atoms with Gasteiger partial charge in [-0.25, -0.2) is 22.0 Å². The minimum atomic E-state index is -3.90. The van der Waals surface area contributed by atoms with E-state index in [1.165, 1.54) is 34.6 Å². The van der Waals surface area contributed by atoms with Gasteiger partial charge in [0.2, 0.25) is 10.0 Å². The summed E-state index contributed by atoms with van der Waals surface area (Å²) in [5, 5.41) is 5.26. The van der Waals surface area contributed by atoms with E-state index in [-0.39, 0.29) is 20.9 Å². The quantitative estimate of drug-likeness (QED) is 0.753. The molecule has 3 rings (SSSR count). The predicted molar refractivity (Wildman–Crippen MR) is 99.8 cm³/mol. The van der Waals surface area contributed by atoms with Crippen LogP contribution >= 0.6 is 27.5 Å². The first-order valence-electron chi connectivity index (χ1n) is 7.17. The van der Waals surface area contributed by atoms with Crippen LogP contribution in [0.15, 0.2) is 50.7 Å². The molecule has 0 bridgehead atoms. The van der Waals surface area contributed by atoms with E-state index in [1.807, 2.05) is 0 Å². The Balaban J connectivity index is 2.13. The average Bonchev–Trinajstić information content (AvgIpc) is 2.81. The summed E-state index contributed by atoms with van der Waals surface area (Å²) in [6, 6.07) is 8.35. The highest BCUT2D eigenvalue weighted by Crippen LogP contribution is 2.39. The third-order valence-corrected chi connectivity index (χ3v) is 7.78. The van der Waals surface area contributed by atoms with Crippen molar-refractivity contribution in [3.63, 3.8) is 0 Å². The Labute approximate surface area is 159 Å².